The first-order valence-electron chi connectivity index (χ1n) is 6.16. The molecule has 15 heavy (non-hydrogen) atoms. The summed E-state index contributed by atoms with van der Waals surface area (Å²) in [5.41, 5.74) is -0.313. The van der Waals surface area contributed by atoms with Crippen LogP contribution >= 0.6 is 0 Å². The van der Waals surface area contributed by atoms with Gasteiger partial charge >= 0.3 is 0 Å². The molecule has 0 aromatic rings. The maximum Gasteiger partial charge on any atom is 0.293 e. The molecule has 1 unspecified atom stereocenters. The second-order valence-electron chi connectivity index (χ2n) is 4.92. The fourth-order valence-corrected chi connectivity index (χ4v) is 1.64. The number of ether oxygens (including phenoxy) is 1. The van der Waals surface area contributed by atoms with E-state index in [1.807, 2.05) is 13.8 Å². The predicted octanol–water partition coefficient (Wildman–Crippen LogP) is 3.93. The second kappa shape index (κ2) is 7.72. The molecule has 0 N–H and O–H groups in total. The van der Waals surface area contributed by atoms with Gasteiger partial charge in [0.2, 0.25) is 0 Å². The molecule has 0 amide bonds. The molecule has 0 fully saturated rings. The van der Waals surface area contributed by atoms with Crippen molar-refractivity contribution >= 4 is 6.47 Å². The Morgan fingerprint density at radius 3 is 2.33 bits per heavy atom. The average Bonchev–Trinajstić information content (AvgIpc) is 2.17. The third-order valence-corrected chi connectivity index (χ3v) is 3.28. The Bertz CT molecular complexity index is 164. The van der Waals surface area contributed by atoms with E-state index in [-0.39, 0.29) is 5.60 Å². The molecule has 0 bridgehead atoms. The molecule has 0 saturated carbocycles. The summed E-state index contributed by atoms with van der Waals surface area (Å²) in [5, 5.41) is 0. The highest BCUT2D eigenvalue weighted by Gasteiger charge is 2.26. The summed E-state index contributed by atoms with van der Waals surface area (Å²) in [5.74, 6) is 0.435. The molecule has 2 heteroatoms. The summed E-state index contributed by atoms with van der Waals surface area (Å²) < 4.78 is 5.09. The fourth-order valence-electron chi connectivity index (χ4n) is 1.64. The first kappa shape index (κ1) is 14.5. The monoisotopic (exact) mass is 214 g/mol. The molecule has 0 saturated heterocycles. The molecule has 90 valence electrons. The topological polar surface area (TPSA) is 26.3 Å². The lowest BCUT2D eigenvalue weighted by Gasteiger charge is -2.29. The molecule has 1 atom stereocenters. The first-order valence-corrected chi connectivity index (χ1v) is 6.16. The smallest absolute Gasteiger partial charge is 0.293 e. The molecular weight excluding hydrogens is 188 g/mol. The Kier molecular flexibility index (Phi) is 7.45. The number of carbonyl (C=O) groups is 1. The Labute approximate surface area is 94.4 Å². The van der Waals surface area contributed by atoms with Crippen LogP contribution in [0.1, 0.15) is 66.2 Å². The number of hydrogen-bond acceptors (Lipinski definition) is 2. The van der Waals surface area contributed by atoms with Crippen molar-refractivity contribution in [1.82, 2.24) is 0 Å². The number of unbranched alkanes of at least 4 members (excludes halogenated alkanes) is 4. The molecule has 0 aliphatic carbocycles. The van der Waals surface area contributed by atoms with Crippen LogP contribution in [0.5, 0.6) is 0 Å². The van der Waals surface area contributed by atoms with E-state index >= 15 is 0 Å². The van der Waals surface area contributed by atoms with Gasteiger partial charge in [-0.1, -0.05) is 46.0 Å². The molecule has 0 aromatic heterocycles. The molecule has 0 aliphatic rings. The minimum absolute atomic E-state index is 0.313. The second-order valence-corrected chi connectivity index (χ2v) is 4.92. The van der Waals surface area contributed by atoms with Gasteiger partial charge in [0.25, 0.3) is 6.47 Å². The van der Waals surface area contributed by atoms with Crippen LogP contribution in [-0.2, 0) is 9.53 Å². The van der Waals surface area contributed by atoms with Crippen LogP contribution in [0, 0.1) is 5.92 Å². The van der Waals surface area contributed by atoms with Crippen LogP contribution in [0.2, 0.25) is 0 Å². The number of carbonyl (C=O) groups excluding carboxylic acids is 1. The molecule has 0 rings (SSSR count). The van der Waals surface area contributed by atoms with Crippen LogP contribution in [0.4, 0.5) is 0 Å². The van der Waals surface area contributed by atoms with Crippen molar-refractivity contribution in [3.63, 3.8) is 0 Å². The van der Waals surface area contributed by atoms with Crippen molar-refractivity contribution in [3.05, 3.63) is 0 Å². The maximum atomic E-state index is 10.3. The van der Waals surface area contributed by atoms with Crippen molar-refractivity contribution in [2.24, 2.45) is 5.92 Å². The Morgan fingerprint density at radius 1 is 1.20 bits per heavy atom. The molecule has 0 aromatic carbocycles. The molecule has 0 heterocycles. The van der Waals surface area contributed by atoms with Crippen LogP contribution in [0.3, 0.4) is 0 Å². The summed E-state index contributed by atoms with van der Waals surface area (Å²) in [4.78, 5) is 10.3. The highest BCUT2D eigenvalue weighted by atomic mass is 16.5. The Hall–Kier alpha value is -0.530. The molecule has 0 radical (unpaired) electrons. The maximum absolute atomic E-state index is 10.3. The standard InChI is InChI=1S/C13H26O2/c1-5-6-7-8-9-10-12(2)13(3,4)15-11-14/h11-12H,5-10H2,1-4H3. The highest BCUT2D eigenvalue weighted by Crippen LogP contribution is 2.25. The zero-order valence-corrected chi connectivity index (χ0v) is 10.7. The fraction of sp³-hybridized carbons (Fsp3) is 0.923. The van der Waals surface area contributed by atoms with Crippen molar-refractivity contribution in [1.29, 1.82) is 0 Å². The van der Waals surface area contributed by atoms with Gasteiger partial charge < -0.3 is 4.74 Å². The van der Waals surface area contributed by atoms with E-state index in [0.717, 1.165) is 6.42 Å². The minimum Gasteiger partial charge on any atom is -0.462 e. The lowest BCUT2D eigenvalue weighted by atomic mass is 9.88. The largest absolute Gasteiger partial charge is 0.462 e. The molecule has 0 spiro atoms. The van der Waals surface area contributed by atoms with Gasteiger partial charge in [0.1, 0.15) is 5.60 Å². The van der Waals surface area contributed by atoms with Gasteiger partial charge in [0, 0.05) is 0 Å². The lowest BCUT2D eigenvalue weighted by Crippen LogP contribution is -2.32. The van der Waals surface area contributed by atoms with E-state index in [1.165, 1.54) is 32.1 Å². The molecular formula is C13H26O2. The van der Waals surface area contributed by atoms with Gasteiger partial charge in [-0.25, -0.2) is 0 Å². The first-order chi connectivity index (χ1) is 7.04. The van der Waals surface area contributed by atoms with Crippen molar-refractivity contribution in [2.75, 3.05) is 0 Å². The number of rotatable bonds is 9. The third kappa shape index (κ3) is 6.53. The summed E-state index contributed by atoms with van der Waals surface area (Å²) in [6.07, 6.45) is 7.64. The van der Waals surface area contributed by atoms with Gasteiger partial charge in [0.15, 0.2) is 0 Å². The van der Waals surface area contributed by atoms with E-state index < -0.39 is 0 Å². The quantitative estimate of drug-likeness (QED) is 0.429. The lowest BCUT2D eigenvalue weighted by molar-refractivity contribution is -0.145. The molecule has 0 aliphatic heterocycles. The summed E-state index contributed by atoms with van der Waals surface area (Å²) >= 11 is 0. The van der Waals surface area contributed by atoms with E-state index in [0.29, 0.717) is 12.4 Å². The summed E-state index contributed by atoms with van der Waals surface area (Å²) in [6.45, 7) is 8.91. The predicted molar refractivity (Wildman–Crippen MR) is 63.8 cm³/mol. The third-order valence-electron chi connectivity index (χ3n) is 3.28. The van der Waals surface area contributed by atoms with Crippen LogP contribution in [-0.4, -0.2) is 12.1 Å². The van der Waals surface area contributed by atoms with Gasteiger partial charge in [-0.15, -0.1) is 0 Å². The molecule has 2 nitrogen and oxygen atoms in total. The van der Waals surface area contributed by atoms with Gasteiger partial charge in [-0.2, -0.15) is 0 Å². The number of hydrogen-bond donors (Lipinski definition) is 0. The average molecular weight is 214 g/mol. The zero-order valence-electron chi connectivity index (χ0n) is 10.7. The van der Waals surface area contributed by atoms with E-state index in [9.17, 15) is 4.79 Å². The Balaban J connectivity index is 3.63. The van der Waals surface area contributed by atoms with Gasteiger partial charge in [-0.3, -0.25) is 4.79 Å². The summed E-state index contributed by atoms with van der Waals surface area (Å²) in [6, 6.07) is 0. The Morgan fingerprint density at radius 2 is 1.80 bits per heavy atom. The highest BCUT2D eigenvalue weighted by molar-refractivity contribution is 5.38. The minimum atomic E-state index is -0.313. The SMILES string of the molecule is CCCCCCCC(C)C(C)(C)OC=O. The van der Waals surface area contributed by atoms with E-state index in [1.54, 1.807) is 0 Å². The van der Waals surface area contributed by atoms with Crippen LogP contribution < -0.4 is 0 Å². The van der Waals surface area contributed by atoms with Crippen molar-refractivity contribution in [2.45, 2.75) is 71.8 Å². The normalized spacial score (nSPS) is 13.6. The van der Waals surface area contributed by atoms with Crippen molar-refractivity contribution in [3.8, 4) is 0 Å². The van der Waals surface area contributed by atoms with E-state index in [2.05, 4.69) is 13.8 Å². The van der Waals surface area contributed by atoms with Crippen LogP contribution in [0.15, 0.2) is 0 Å². The van der Waals surface area contributed by atoms with Crippen molar-refractivity contribution < 1.29 is 9.53 Å². The summed E-state index contributed by atoms with van der Waals surface area (Å²) in [7, 11) is 0. The van der Waals surface area contributed by atoms with Gasteiger partial charge in [0.05, 0.1) is 0 Å². The van der Waals surface area contributed by atoms with Crippen LogP contribution in [0.25, 0.3) is 0 Å². The van der Waals surface area contributed by atoms with E-state index in [4.69, 9.17) is 4.74 Å². The zero-order chi connectivity index (χ0) is 11.7. The van der Waals surface area contributed by atoms with Gasteiger partial charge in [-0.05, 0) is 26.2 Å².